The van der Waals surface area contributed by atoms with Crippen molar-refractivity contribution < 1.29 is 70.9 Å². The molecule has 2 aliphatic rings. The zero-order chi connectivity index (χ0) is 15.8. The molecule has 0 aromatic heterocycles. The molecule has 2 rings (SSSR count). The Bertz CT molecular complexity index is 500. The minimum Gasteiger partial charge on any atom is -0.548 e. The van der Waals surface area contributed by atoms with E-state index in [1.807, 2.05) is 0 Å². The quantitative estimate of drug-likeness (QED) is 0.224. The van der Waals surface area contributed by atoms with E-state index in [1.165, 1.54) is 28.4 Å². The van der Waals surface area contributed by atoms with Crippen molar-refractivity contribution in [2.45, 2.75) is 36.1 Å². The summed E-state index contributed by atoms with van der Waals surface area (Å²) in [4.78, 5) is 36.4. The van der Waals surface area contributed by atoms with Gasteiger partial charge in [0.25, 0.3) is 0 Å². The van der Waals surface area contributed by atoms with Gasteiger partial charge < -0.3 is 20.1 Å². The van der Waals surface area contributed by atoms with Crippen LogP contribution in [-0.4, -0.2) is 56.4 Å². The van der Waals surface area contributed by atoms with Gasteiger partial charge in [0.05, 0.1) is 17.8 Å². The number of hydrogen-bond donors (Lipinski definition) is 1. The Morgan fingerprint density at radius 3 is 2.73 bits per heavy atom. The molecule has 9 heteroatoms. The zero-order valence-electron chi connectivity index (χ0n) is 12.8. The predicted octanol–water partition coefficient (Wildman–Crippen LogP) is -3.79. The topological polar surface area (TPSA) is 89.5 Å². The Labute approximate surface area is 180 Å². The molecule has 6 nitrogen and oxygen atoms in total. The Hall–Kier alpha value is 0.486. The minimum absolute atomic E-state index is 0. The maximum atomic E-state index is 12.1. The van der Waals surface area contributed by atoms with Crippen molar-refractivity contribution in [3.8, 4) is 0 Å². The number of carbonyl (C=O) groups excluding carboxylic acids is 3. The molecule has 2 fully saturated rings. The Balaban J connectivity index is 0.00000242. The molecule has 2 amide bonds. The van der Waals surface area contributed by atoms with Crippen LogP contribution in [-0.2, 0) is 14.4 Å². The second-order valence-electron chi connectivity index (χ2n) is 5.43. The van der Waals surface area contributed by atoms with Gasteiger partial charge >= 0.3 is 51.4 Å². The second-order valence-corrected chi connectivity index (χ2v) is 8.23. The maximum Gasteiger partial charge on any atom is 1.00 e. The third-order valence-corrected chi connectivity index (χ3v) is 5.96. The number of β-lactam (4-membered cyclic amide) rings is 1. The van der Waals surface area contributed by atoms with E-state index in [-0.39, 0.29) is 74.3 Å². The molecular weight excluding hydrogens is 351 g/mol. The van der Waals surface area contributed by atoms with Crippen molar-refractivity contribution in [1.29, 1.82) is 0 Å². The summed E-state index contributed by atoms with van der Waals surface area (Å²) in [6.45, 7) is 7.10. The van der Waals surface area contributed by atoms with Gasteiger partial charge in [-0.2, -0.15) is 0 Å². The third kappa shape index (κ3) is 3.93. The normalized spacial score (nSPS) is 28.2. The van der Waals surface area contributed by atoms with Crippen molar-refractivity contribution in [3.63, 3.8) is 0 Å². The molecule has 0 aliphatic carbocycles. The smallest absolute Gasteiger partial charge is 0.548 e. The first-order valence-corrected chi connectivity index (χ1v) is 8.52. The summed E-state index contributed by atoms with van der Waals surface area (Å²) in [6, 6.07) is -1.60. The minimum atomic E-state index is -1.25. The van der Waals surface area contributed by atoms with E-state index in [0.29, 0.717) is 5.75 Å². The number of amides is 2. The fraction of sp³-hybridized carbons (Fsp3) is 0.615. The maximum absolute atomic E-state index is 12.1. The first kappa shape index (κ1) is 20.5. The van der Waals surface area contributed by atoms with Gasteiger partial charge in [-0.1, -0.05) is 6.08 Å². The number of aliphatic carboxylic acids is 1. The molecule has 0 aromatic rings. The molecule has 0 aromatic carbocycles. The van der Waals surface area contributed by atoms with Crippen LogP contribution in [0.5, 0.6) is 0 Å². The summed E-state index contributed by atoms with van der Waals surface area (Å²) in [7, 11) is 0. The van der Waals surface area contributed by atoms with Crippen molar-refractivity contribution in [2.24, 2.45) is 0 Å². The van der Waals surface area contributed by atoms with Gasteiger partial charge in [0.1, 0.15) is 11.4 Å². The number of fused-ring (bicyclic) bond motifs is 1. The standard InChI is InChI=1S/C13H18N2O4S2.K/c1-4-5-20-6-7(16)14-8-10(17)15-9(12(18)19)13(2,3)21-11(8)15;/h4,8-9,11H,1,5-6H2,2-3H3,(H,14,16)(H,18,19);/q;+1/p-1/t8-,9+,11?;/m1./s1. The second kappa shape index (κ2) is 8.04. The van der Waals surface area contributed by atoms with Crippen molar-refractivity contribution in [3.05, 3.63) is 12.7 Å². The Kier molecular flexibility index (Phi) is 7.50. The summed E-state index contributed by atoms with van der Waals surface area (Å²) in [6.07, 6.45) is 1.70. The zero-order valence-corrected chi connectivity index (χ0v) is 17.6. The van der Waals surface area contributed by atoms with E-state index in [4.69, 9.17) is 0 Å². The van der Waals surface area contributed by atoms with E-state index in [1.54, 1.807) is 19.9 Å². The average Bonchev–Trinajstić information content (AvgIpc) is 2.65. The molecule has 0 saturated carbocycles. The van der Waals surface area contributed by atoms with Crippen LogP contribution in [0, 0.1) is 0 Å². The van der Waals surface area contributed by atoms with Gasteiger partial charge in [-0.3, -0.25) is 9.59 Å². The fourth-order valence-electron chi connectivity index (χ4n) is 2.58. The van der Waals surface area contributed by atoms with Crippen molar-refractivity contribution >= 4 is 41.3 Å². The molecule has 2 aliphatic heterocycles. The summed E-state index contributed by atoms with van der Waals surface area (Å²) in [5.74, 6) is -0.921. The number of carboxylic acid groups (broad SMARTS) is 1. The number of nitrogens with zero attached hydrogens (tertiary/aromatic N) is 1. The summed E-state index contributed by atoms with van der Waals surface area (Å²) in [5.41, 5.74) is 0. The van der Waals surface area contributed by atoms with Crippen molar-refractivity contribution in [2.75, 3.05) is 11.5 Å². The monoisotopic (exact) mass is 368 g/mol. The van der Waals surface area contributed by atoms with Gasteiger partial charge in [0, 0.05) is 10.5 Å². The molecular formula is C13H17KN2O4S2. The van der Waals surface area contributed by atoms with E-state index >= 15 is 0 Å². The number of thioether (sulfide) groups is 2. The van der Waals surface area contributed by atoms with Gasteiger partial charge in [-0.15, -0.1) is 30.1 Å². The van der Waals surface area contributed by atoms with Gasteiger partial charge in [-0.25, -0.2) is 0 Å². The molecule has 116 valence electrons. The largest absolute Gasteiger partial charge is 1.00 e. The molecule has 2 saturated heterocycles. The predicted molar refractivity (Wildman–Crippen MR) is 80.6 cm³/mol. The van der Waals surface area contributed by atoms with Crippen LogP contribution in [0.3, 0.4) is 0 Å². The van der Waals surface area contributed by atoms with Gasteiger partial charge in [0.2, 0.25) is 11.8 Å². The van der Waals surface area contributed by atoms with E-state index in [2.05, 4.69) is 11.9 Å². The first-order valence-electron chi connectivity index (χ1n) is 6.48. The molecule has 1 N–H and O–H groups in total. The van der Waals surface area contributed by atoms with Crippen LogP contribution in [0.2, 0.25) is 0 Å². The average molecular weight is 369 g/mol. The SMILES string of the molecule is C=CCSCC(=O)N[C@@H]1C(=O)N2C1SC(C)(C)[C@@H]2C(=O)[O-].[K+]. The first-order chi connectivity index (χ1) is 9.79. The summed E-state index contributed by atoms with van der Waals surface area (Å²) < 4.78 is -0.629. The summed E-state index contributed by atoms with van der Waals surface area (Å²) >= 11 is 2.79. The van der Waals surface area contributed by atoms with Gasteiger partial charge in [-0.05, 0) is 13.8 Å². The van der Waals surface area contributed by atoms with Crippen LogP contribution < -0.4 is 61.8 Å². The van der Waals surface area contributed by atoms with E-state index in [0.717, 1.165) is 0 Å². The Morgan fingerprint density at radius 1 is 1.55 bits per heavy atom. The van der Waals surface area contributed by atoms with Crippen LogP contribution >= 0.6 is 23.5 Å². The number of carboxylic acids is 1. The van der Waals surface area contributed by atoms with E-state index in [9.17, 15) is 19.5 Å². The molecule has 0 radical (unpaired) electrons. The molecule has 22 heavy (non-hydrogen) atoms. The third-order valence-electron chi connectivity index (χ3n) is 3.45. The van der Waals surface area contributed by atoms with Crippen LogP contribution in [0.1, 0.15) is 13.8 Å². The van der Waals surface area contributed by atoms with Gasteiger partial charge in [0.15, 0.2) is 0 Å². The Morgan fingerprint density at radius 2 is 2.18 bits per heavy atom. The fourth-order valence-corrected chi connectivity index (χ4v) is 4.75. The number of hydrogen-bond acceptors (Lipinski definition) is 6. The van der Waals surface area contributed by atoms with Crippen LogP contribution in [0.4, 0.5) is 0 Å². The number of nitrogens with one attached hydrogen (secondary N) is 1. The molecule has 0 spiro atoms. The van der Waals surface area contributed by atoms with Crippen LogP contribution in [0.15, 0.2) is 12.7 Å². The van der Waals surface area contributed by atoms with Crippen molar-refractivity contribution in [1.82, 2.24) is 10.2 Å². The number of rotatable bonds is 6. The van der Waals surface area contributed by atoms with E-state index < -0.39 is 22.8 Å². The molecule has 3 atom stereocenters. The van der Waals surface area contributed by atoms with Crippen LogP contribution in [0.25, 0.3) is 0 Å². The molecule has 1 unspecified atom stereocenters. The number of carbonyl (C=O) groups is 3. The molecule has 0 bridgehead atoms. The molecule has 2 heterocycles. The summed E-state index contributed by atoms with van der Waals surface area (Å²) in [5, 5.41) is 13.6.